The second-order valence-corrected chi connectivity index (χ2v) is 1.32. The van der Waals surface area contributed by atoms with Gasteiger partial charge in [-0.15, -0.1) is 5.69 Å². The van der Waals surface area contributed by atoms with Gasteiger partial charge in [-0.1, -0.05) is 6.92 Å². The molecule has 0 bridgehead atoms. The van der Waals surface area contributed by atoms with Crippen molar-refractivity contribution in [1.82, 2.24) is 15.2 Å². The Hall–Kier alpha value is 1.48. The van der Waals surface area contributed by atoms with Crippen LogP contribution in [0.25, 0.3) is 0 Å². The maximum Gasteiger partial charge on any atom is 1.00 e. The zero-order valence-corrected chi connectivity index (χ0v) is 13.6. The number of nitrogens with zero attached hydrogens (tertiary/aromatic N) is 3. The van der Waals surface area contributed by atoms with E-state index in [0.29, 0.717) is 0 Å². The summed E-state index contributed by atoms with van der Waals surface area (Å²) < 4.78 is 0. The van der Waals surface area contributed by atoms with Gasteiger partial charge in [-0.2, -0.15) is 0 Å². The van der Waals surface area contributed by atoms with Gasteiger partial charge in [-0.25, -0.2) is 5.10 Å². The Bertz CT molecular complexity index is 158. The third kappa shape index (κ3) is 5.17. The molecule has 5 heteroatoms. The Kier molecular flexibility index (Phi) is 12.0. The average molecular weight is 379 g/mol. The first kappa shape index (κ1) is 14.0. The quantitative estimate of drug-likeness (QED) is 0.490. The summed E-state index contributed by atoms with van der Waals surface area (Å²) in [5, 5.41) is 7.11. The molecule has 0 aliphatic carbocycles. The van der Waals surface area contributed by atoms with Gasteiger partial charge in [0.05, 0.1) is 0 Å². The number of rotatable bonds is 1. The minimum atomic E-state index is 0. The molecule has 0 N–H and O–H groups in total. The van der Waals surface area contributed by atoms with Gasteiger partial charge in [0.2, 0.25) is 0 Å². The summed E-state index contributed by atoms with van der Waals surface area (Å²) >= 11 is 0. The molecule has 1 aromatic heterocycles. The largest absolute Gasteiger partial charge is 1.00 e. The van der Waals surface area contributed by atoms with Crippen molar-refractivity contribution in [3.63, 3.8) is 0 Å². The van der Waals surface area contributed by atoms with E-state index >= 15 is 0 Å². The van der Waals surface area contributed by atoms with Crippen molar-refractivity contribution in [3.8, 4) is 0 Å². The van der Waals surface area contributed by atoms with Crippen LogP contribution in [-0.4, -0.2) is 15.2 Å². The summed E-state index contributed by atoms with van der Waals surface area (Å²) in [6.07, 6.45) is 5.77. The van der Waals surface area contributed by atoms with Crippen molar-refractivity contribution < 1.29 is 78.6 Å². The second-order valence-electron chi connectivity index (χ2n) is 1.32. The summed E-state index contributed by atoms with van der Waals surface area (Å²) in [4.78, 5) is 3.53. The fourth-order valence-corrected chi connectivity index (χ4v) is 0.367. The molecule has 1 radical (unpaired) electrons. The molecule has 0 aliphatic heterocycles. The molecular weight excluding hydrogens is 374 g/mol. The maximum atomic E-state index is 3.67. The Balaban J connectivity index is 0. The number of hydrogen-bond donors (Lipinski definition) is 0. The molecule has 1 aromatic rings. The van der Waals surface area contributed by atoms with Crippen molar-refractivity contribution >= 4 is 0 Å². The smallest absolute Gasteiger partial charge is 0.654 e. The first-order chi connectivity index (χ1) is 3.93. The van der Waals surface area contributed by atoms with E-state index in [2.05, 4.69) is 27.7 Å². The standard InChI is InChI=1S/C5H5N3.Rb.Re/c1-2-5-3-6-4-7-8-5;;/h2H2,1H3;;/q-2;+1;. The fourth-order valence-electron chi connectivity index (χ4n) is 0.367. The van der Waals surface area contributed by atoms with Crippen molar-refractivity contribution in [3.05, 3.63) is 18.2 Å². The number of hydrogen-bond acceptors (Lipinski definition) is 3. The second kappa shape index (κ2) is 8.57. The molecule has 0 saturated carbocycles. The maximum absolute atomic E-state index is 3.67. The first-order valence-corrected chi connectivity index (χ1v) is 2.41. The predicted molar refractivity (Wildman–Crippen MR) is 26.9 cm³/mol. The van der Waals surface area contributed by atoms with E-state index in [1.54, 1.807) is 0 Å². The van der Waals surface area contributed by atoms with Crippen LogP contribution in [0.3, 0.4) is 0 Å². The molecule has 49 valence electrons. The molecular formula is C5H5N3RbRe-. The average Bonchev–Trinajstić information content (AvgIpc) is 1.90. The minimum absolute atomic E-state index is 0. The van der Waals surface area contributed by atoms with Crippen LogP contribution in [0, 0.1) is 12.5 Å². The van der Waals surface area contributed by atoms with E-state index in [1.807, 2.05) is 6.92 Å². The van der Waals surface area contributed by atoms with Gasteiger partial charge in [0.15, 0.2) is 0 Å². The van der Waals surface area contributed by atoms with Crippen LogP contribution in [0.15, 0.2) is 0 Å². The predicted octanol–water partition coefficient (Wildman–Crippen LogP) is -2.96. The fraction of sp³-hybridized carbons (Fsp3) is 0.400. The molecule has 0 spiro atoms. The Morgan fingerprint density at radius 1 is 1.50 bits per heavy atom. The van der Waals surface area contributed by atoms with Crippen molar-refractivity contribution in [2.24, 2.45) is 0 Å². The minimum Gasteiger partial charge on any atom is -0.654 e. The van der Waals surface area contributed by atoms with Gasteiger partial charge in [-0.05, 0) is 6.42 Å². The SMILES string of the molecule is CCc1[c-]n[c-]nn1.[Rb+].[Re]. The van der Waals surface area contributed by atoms with Crippen LogP contribution >= 0.6 is 0 Å². The molecule has 10 heavy (non-hydrogen) atoms. The van der Waals surface area contributed by atoms with E-state index in [-0.39, 0.29) is 78.6 Å². The molecule has 0 atom stereocenters. The van der Waals surface area contributed by atoms with Crippen LogP contribution in [0.2, 0.25) is 0 Å². The van der Waals surface area contributed by atoms with Gasteiger partial charge in [0.25, 0.3) is 0 Å². The van der Waals surface area contributed by atoms with E-state index in [4.69, 9.17) is 0 Å². The molecule has 0 unspecified atom stereocenters. The first-order valence-electron chi connectivity index (χ1n) is 2.41. The topological polar surface area (TPSA) is 38.7 Å². The van der Waals surface area contributed by atoms with Gasteiger partial charge in [0, 0.05) is 20.4 Å². The Labute approximate surface area is 123 Å². The number of aryl methyl sites for hydroxylation is 1. The molecule has 1 heterocycles. The van der Waals surface area contributed by atoms with Gasteiger partial charge < -0.3 is 16.3 Å². The van der Waals surface area contributed by atoms with E-state index in [9.17, 15) is 0 Å². The molecule has 0 aliphatic rings. The van der Waals surface area contributed by atoms with Crippen LogP contribution in [0.4, 0.5) is 0 Å². The van der Waals surface area contributed by atoms with Gasteiger partial charge in [0.1, 0.15) is 0 Å². The van der Waals surface area contributed by atoms with Crippen molar-refractivity contribution in [1.29, 1.82) is 0 Å². The monoisotopic (exact) mass is 379 g/mol. The third-order valence-electron chi connectivity index (χ3n) is 0.785. The van der Waals surface area contributed by atoms with Crippen LogP contribution in [0.5, 0.6) is 0 Å². The summed E-state index contributed by atoms with van der Waals surface area (Å²) in [5.41, 5.74) is 0.781. The molecule has 0 saturated heterocycles. The molecule has 0 aromatic carbocycles. The number of aromatic nitrogens is 3. The van der Waals surface area contributed by atoms with Gasteiger partial charge >= 0.3 is 58.2 Å². The summed E-state index contributed by atoms with van der Waals surface area (Å²) in [5.74, 6) is 0. The molecule has 1 rings (SSSR count). The van der Waals surface area contributed by atoms with E-state index in [1.165, 1.54) is 0 Å². The third-order valence-corrected chi connectivity index (χ3v) is 0.785. The summed E-state index contributed by atoms with van der Waals surface area (Å²) in [6, 6.07) is 0. The van der Waals surface area contributed by atoms with Crippen LogP contribution < -0.4 is 58.2 Å². The van der Waals surface area contributed by atoms with E-state index < -0.39 is 0 Å². The Morgan fingerprint density at radius 3 is 2.50 bits per heavy atom. The molecule has 3 nitrogen and oxygen atoms in total. The zero-order valence-electron chi connectivity index (χ0n) is 5.93. The summed E-state index contributed by atoms with van der Waals surface area (Å²) in [7, 11) is 0. The molecule has 0 amide bonds. The molecule has 0 fully saturated rings. The van der Waals surface area contributed by atoms with Crippen molar-refractivity contribution in [2.45, 2.75) is 13.3 Å². The van der Waals surface area contributed by atoms with Crippen molar-refractivity contribution in [2.75, 3.05) is 0 Å². The Morgan fingerprint density at radius 2 is 2.20 bits per heavy atom. The van der Waals surface area contributed by atoms with Gasteiger partial charge in [-0.3, -0.25) is 6.33 Å². The van der Waals surface area contributed by atoms with E-state index in [0.717, 1.165) is 12.1 Å². The zero-order chi connectivity index (χ0) is 5.82. The van der Waals surface area contributed by atoms with Crippen LogP contribution in [0.1, 0.15) is 12.6 Å². The summed E-state index contributed by atoms with van der Waals surface area (Å²) in [6.45, 7) is 1.97. The van der Waals surface area contributed by atoms with Crippen LogP contribution in [-0.2, 0) is 26.8 Å². The normalized spacial score (nSPS) is 7.30.